The summed E-state index contributed by atoms with van der Waals surface area (Å²) in [5, 5.41) is 11.6. The van der Waals surface area contributed by atoms with E-state index in [0.717, 1.165) is 69.9 Å². The molecular weight excluding hydrogens is 502 g/mol. The minimum atomic E-state index is -0.594. The average molecular weight is 540 g/mol. The zero-order valence-electron chi connectivity index (χ0n) is 19.2. The molecule has 1 N–H and O–H groups in total. The summed E-state index contributed by atoms with van der Waals surface area (Å²) in [5.74, 6) is 1.84. The number of piperazine rings is 1. The number of aliphatic hydroxyl groups is 1. The molecule has 2 aromatic carbocycles. The first-order valence-corrected chi connectivity index (χ1v) is 11.1. The molecule has 1 heterocycles. The molecule has 1 atom stereocenters. The SMILES string of the molecule is CN1CCN(CC(c2ccc(Oc3ccccc3)cc2)C2(O)CCCCC2)CC1.Cl.Cl.Cl.Cl. The van der Waals surface area contributed by atoms with Crippen LogP contribution in [0.25, 0.3) is 0 Å². The summed E-state index contributed by atoms with van der Waals surface area (Å²) in [6, 6.07) is 18.3. The Kier molecular flexibility index (Phi) is 15.0. The highest BCUT2D eigenvalue weighted by Gasteiger charge is 2.39. The summed E-state index contributed by atoms with van der Waals surface area (Å²) in [7, 11) is 2.19. The van der Waals surface area contributed by atoms with Gasteiger partial charge in [-0.2, -0.15) is 0 Å². The van der Waals surface area contributed by atoms with E-state index in [1.54, 1.807) is 0 Å². The van der Waals surface area contributed by atoms with Crippen LogP contribution in [0.5, 0.6) is 11.5 Å². The van der Waals surface area contributed by atoms with Gasteiger partial charge in [0.2, 0.25) is 0 Å². The predicted molar refractivity (Wildman–Crippen MR) is 147 cm³/mol. The highest BCUT2D eigenvalue weighted by atomic mass is 35.5. The van der Waals surface area contributed by atoms with Gasteiger partial charge in [-0.25, -0.2) is 0 Å². The quantitative estimate of drug-likeness (QED) is 0.474. The summed E-state index contributed by atoms with van der Waals surface area (Å²) in [4.78, 5) is 4.92. The highest BCUT2D eigenvalue weighted by molar-refractivity contribution is 5.86. The summed E-state index contributed by atoms with van der Waals surface area (Å²) in [6.45, 7) is 5.31. The maximum absolute atomic E-state index is 11.6. The number of rotatable bonds is 6. The van der Waals surface area contributed by atoms with Gasteiger partial charge in [0.25, 0.3) is 0 Å². The fourth-order valence-electron chi connectivity index (χ4n) is 4.78. The lowest BCUT2D eigenvalue weighted by Crippen LogP contribution is -2.50. The second-order valence-corrected chi connectivity index (χ2v) is 8.80. The minimum absolute atomic E-state index is 0. The topological polar surface area (TPSA) is 35.9 Å². The summed E-state index contributed by atoms with van der Waals surface area (Å²) in [6.07, 6.45) is 5.32. The standard InChI is InChI=1S/C25H34N2O2.4ClH/c1-26-16-18-27(19-17-26)20-24(25(28)14-6-3-7-15-25)21-10-12-23(13-11-21)29-22-8-4-2-5-9-22;;;;/h2,4-5,8-13,24,28H,3,6-7,14-20H2,1H3;4*1H. The van der Waals surface area contributed by atoms with Crippen molar-refractivity contribution in [1.82, 2.24) is 9.80 Å². The summed E-state index contributed by atoms with van der Waals surface area (Å²) >= 11 is 0. The lowest BCUT2D eigenvalue weighted by Gasteiger charge is -2.43. The molecule has 188 valence electrons. The van der Waals surface area contributed by atoms with Crippen LogP contribution in [0.15, 0.2) is 54.6 Å². The van der Waals surface area contributed by atoms with Gasteiger partial charge >= 0.3 is 0 Å². The molecule has 2 aromatic rings. The van der Waals surface area contributed by atoms with Crippen LogP contribution in [0.4, 0.5) is 0 Å². The lowest BCUT2D eigenvalue weighted by atomic mass is 9.72. The maximum atomic E-state index is 11.6. The number of likely N-dealkylation sites (N-methyl/N-ethyl adjacent to an activating group) is 1. The van der Waals surface area contributed by atoms with Crippen molar-refractivity contribution in [3.05, 3.63) is 60.2 Å². The van der Waals surface area contributed by atoms with Gasteiger partial charge in [0.1, 0.15) is 11.5 Å². The van der Waals surface area contributed by atoms with Crippen LogP contribution in [-0.4, -0.2) is 60.3 Å². The molecule has 4 nitrogen and oxygen atoms in total. The van der Waals surface area contributed by atoms with Gasteiger partial charge in [0.05, 0.1) is 5.60 Å². The van der Waals surface area contributed by atoms with Crippen molar-refractivity contribution in [2.45, 2.75) is 43.6 Å². The van der Waals surface area contributed by atoms with Gasteiger partial charge in [-0.1, -0.05) is 49.6 Å². The molecule has 1 saturated heterocycles. The van der Waals surface area contributed by atoms with E-state index in [0.29, 0.717) is 0 Å². The Labute approximate surface area is 223 Å². The Hall–Kier alpha value is -0.720. The Bertz CT molecular complexity index is 766. The van der Waals surface area contributed by atoms with E-state index in [-0.39, 0.29) is 55.5 Å². The minimum Gasteiger partial charge on any atom is -0.457 e. The number of halogens is 4. The first-order chi connectivity index (χ1) is 14.1. The zero-order valence-corrected chi connectivity index (χ0v) is 22.5. The molecule has 0 spiro atoms. The second-order valence-electron chi connectivity index (χ2n) is 8.80. The monoisotopic (exact) mass is 538 g/mol. The molecule has 0 aromatic heterocycles. The first kappa shape index (κ1) is 32.3. The van der Waals surface area contributed by atoms with Gasteiger partial charge < -0.3 is 19.6 Å². The van der Waals surface area contributed by atoms with Crippen LogP contribution in [0.1, 0.15) is 43.6 Å². The van der Waals surface area contributed by atoms with Crippen molar-refractivity contribution < 1.29 is 9.84 Å². The van der Waals surface area contributed by atoms with Crippen molar-refractivity contribution >= 4 is 49.6 Å². The van der Waals surface area contributed by atoms with Crippen molar-refractivity contribution in [3.8, 4) is 11.5 Å². The predicted octanol–water partition coefficient (Wildman–Crippen LogP) is 6.19. The molecular formula is C25H38Cl4N2O2. The third-order valence-corrected chi connectivity index (χ3v) is 6.67. The molecule has 1 aliphatic carbocycles. The first-order valence-electron chi connectivity index (χ1n) is 11.1. The number of hydrogen-bond donors (Lipinski definition) is 1. The maximum Gasteiger partial charge on any atom is 0.127 e. The Morgan fingerprint density at radius 2 is 1.33 bits per heavy atom. The molecule has 1 saturated carbocycles. The summed E-state index contributed by atoms with van der Waals surface area (Å²) < 4.78 is 5.97. The van der Waals surface area contributed by atoms with Gasteiger partial charge in [-0.05, 0) is 49.7 Å². The number of hydrogen-bond acceptors (Lipinski definition) is 4. The van der Waals surface area contributed by atoms with E-state index >= 15 is 0 Å². The Morgan fingerprint density at radius 1 is 0.788 bits per heavy atom. The molecule has 2 fully saturated rings. The van der Waals surface area contributed by atoms with Crippen LogP contribution < -0.4 is 4.74 Å². The number of para-hydroxylation sites is 1. The van der Waals surface area contributed by atoms with Crippen LogP contribution in [0, 0.1) is 0 Å². The van der Waals surface area contributed by atoms with E-state index < -0.39 is 5.60 Å². The Morgan fingerprint density at radius 3 is 1.91 bits per heavy atom. The van der Waals surface area contributed by atoms with Crippen molar-refractivity contribution in [3.63, 3.8) is 0 Å². The molecule has 1 unspecified atom stereocenters. The van der Waals surface area contributed by atoms with Crippen molar-refractivity contribution in [1.29, 1.82) is 0 Å². The van der Waals surface area contributed by atoms with Crippen molar-refractivity contribution in [2.24, 2.45) is 0 Å². The molecule has 0 bridgehead atoms. The van der Waals surface area contributed by atoms with Crippen LogP contribution in [-0.2, 0) is 0 Å². The average Bonchev–Trinajstić information content (AvgIpc) is 2.75. The van der Waals surface area contributed by atoms with Crippen molar-refractivity contribution in [2.75, 3.05) is 39.8 Å². The fraction of sp³-hybridized carbons (Fsp3) is 0.520. The van der Waals surface area contributed by atoms with Gasteiger partial charge in [0, 0.05) is 38.6 Å². The van der Waals surface area contributed by atoms with E-state index in [1.165, 1.54) is 12.0 Å². The lowest BCUT2D eigenvalue weighted by molar-refractivity contribution is -0.0337. The Balaban J connectivity index is 0.00000256. The van der Waals surface area contributed by atoms with E-state index in [2.05, 4.69) is 29.0 Å². The van der Waals surface area contributed by atoms with E-state index in [9.17, 15) is 5.11 Å². The third-order valence-electron chi connectivity index (χ3n) is 6.67. The largest absolute Gasteiger partial charge is 0.457 e. The molecule has 33 heavy (non-hydrogen) atoms. The molecule has 4 rings (SSSR count). The fourth-order valence-corrected chi connectivity index (χ4v) is 4.78. The second kappa shape index (κ2) is 15.3. The zero-order chi connectivity index (χ0) is 20.1. The third kappa shape index (κ3) is 8.78. The van der Waals surface area contributed by atoms with Gasteiger partial charge in [-0.15, -0.1) is 49.6 Å². The number of benzene rings is 2. The van der Waals surface area contributed by atoms with Crippen LogP contribution >= 0.6 is 49.6 Å². The van der Waals surface area contributed by atoms with Gasteiger partial charge in [-0.3, -0.25) is 0 Å². The summed E-state index contributed by atoms with van der Waals surface area (Å²) in [5.41, 5.74) is 0.636. The normalized spacial score (nSPS) is 19.0. The molecule has 0 amide bonds. The van der Waals surface area contributed by atoms with Gasteiger partial charge in [0.15, 0.2) is 0 Å². The molecule has 0 radical (unpaired) electrons. The molecule has 8 heteroatoms. The highest BCUT2D eigenvalue weighted by Crippen LogP contribution is 2.41. The number of ether oxygens (including phenoxy) is 1. The number of nitrogens with zero attached hydrogens (tertiary/aromatic N) is 2. The van der Waals surface area contributed by atoms with Crippen LogP contribution in [0.2, 0.25) is 0 Å². The van der Waals surface area contributed by atoms with E-state index in [4.69, 9.17) is 4.74 Å². The van der Waals surface area contributed by atoms with E-state index in [1.807, 2.05) is 42.5 Å². The smallest absolute Gasteiger partial charge is 0.127 e. The molecule has 2 aliphatic rings. The molecule has 1 aliphatic heterocycles. The van der Waals surface area contributed by atoms with Crippen LogP contribution in [0.3, 0.4) is 0 Å².